The fourth-order valence-corrected chi connectivity index (χ4v) is 2.77. The summed E-state index contributed by atoms with van der Waals surface area (Å²) < 4.78 is 0. The second-order valence-electron chi connectivity index (χ2n) is 5.76. The van der Waals surface area contributed by atoms with E-state index in [4.69, 9.17) is 12.2 Å². The van der Waals surface area contributed by atoms with Gasteiger partial charge in [0.25, 0.3) is 0 Å². The average molecular weight is 331 g/mol. The molecule has 0 saturated carbocycles. The second kappa shape index (κ2) is 9.30. The molecule has 0 spiro atoms. The average Bonchev–Trinajstić information content (AvgIpc) is 2.87. The van der Waals surface area contributed by atoms with Crippen molar-refractivity contribution < 1.29 is 0 Å². The molecular formula is C18H26N4S. The molecule has 2 rings (SSSR count). The van der Waals surface area contributed by atoms with Gasteiger partial charge in [0, 0.05) is 25.3 Å². The Morgan fingerprint density at radius 3 is 2.48 bits per heavy atom. The molecule has 1 aromatic rings. The Bertz CT molecular complexity index is 543. The van der Waals surface area contributed by atoms with Crippen LogP contribution in [-0.2, 0) is 0 Å². The van der Waals surface area contributed by atoms with E-state index in [1.54, 1.807) is 6.08 Å². The van der Waals surface area contributed by atoms with Crippen LogP contribution in [0.15, 0.2) is 42.0 Å². The third-order valence-electron chi connectivity index (χ3n) is 3.99. The van der Waals surface area contributed by atoms with E-state index in [9.17, 15) is 0 Å². The summed E-state index contributed by atoms with van der Waals surface area (Å²) >= 11 is 5.12. The summed E-state index contributed by atoms with van der Waals surface area (Å²) in [7, 11) is 0. The molecule has 23 heavy (non-hydrogen) atoms. The predicted octanol–water partition coefficient (Wildman–Crippen LogP) is 3.44. The van der Waals surface area contributed by atoms with Crippen molar-refractivity contribution in [1.82, 2.24) is 10.7 Å². The first kappa shape index (κ1) is 17.5. The smallest absolute Gasteiger partial charge is 0.187 e. The number of rotatable bonds is 5. The number of hydrogen-bond donors (Lipinski definition) is 2. The summed E-state index contributed by atoms with van der Waals surface area (Å²) in [5.41, 5.74) is 6.17. The molecule has 4 nitrogen and oxygen atoms in total. The quantitative estimate of drug-likeness (QED) is 0.375. The van der Waals surface area contributed by atoms with Crippen molar-refractivity contribution in [2.75, 3.05) is 24.5 Å². The van der Waals surface area contributed by atoms with Crippen molar-refractivity contribution in [3.8, 4) is 0 Å². The van der Waals surface area contributed by atoms with Crippen molar-refractivity contribution in [3.63, 3.8) is 0 Å². The fourth-order valence-electron chi connectivity index (χ4n) is 2.65. The van der Waals surface area contributed by atoms with Gasteiger partial charge in [-0.2, -0.15) is 5.10 Å². The highest BCUT2D eigenvalue weighted by Crippen LogP contribution is 2.20. The minimum Gasteiger partial charge on any atom is -0.372 e. The maximum Gasteiger partial charge on any atom is 0.187 e. The van der Waals surface area contributed by atoms with Gasteiger partial charge in [0.15, 0.2) is 5.11 Å². The highest BCUT2D eigenvalue weighted by molar-refractivity contribution is 7.80. The third kappa shape index (κ3) is 5.67. The molecule has 1 saturated heterocycles. The van der Waals surface area contributed by atoms with Crippen LogP contribution in [0.4, 0.5) is 5.69 Å². The molecule has 0 atom stereocenters. The van der Waals surface area contributed by atoms with Crippen molar-refractivity contribution in [2.24, 2.45) is 5.10 Å². The first-order chi connectivity index (χ1) is 11.2. The maximum absolute atomic E-state index is 5.12. The molecule has 1 heterocycles. The van der Waals surface area contributed by atoms with Gasteiger partial charge in [0.05, 0.1) is 5.71 Å². The van der Waals surface area contributed by atoms with Crippen LogP contribution in [0.25, 0.3) is 0 Å². The number of thiocarbonyl (C=S) groups is 1. The first-order valence-corrected chi connectivity index (χ1v) is 8.66. The van der Waals surface area contributed by atoms with Crippen LogP contribution in [0.5, 0.6) is 0 Å². The van der Waals surface area contributed by atoms with E-state index in [2.05, 4.69) is 51.6 Å². The summed E-state index contributed by atoms with van der Waals surface area (Å²) in [6.07, 6.45) is 7.05. The van der Waals surface area contributed by atoms with Crippen molar-refractivity contribution in [2.45, 2.75) is 32.6 Å². The Morgan fingerprint density at radius 1 is 1.22 bits per heavy atom. The molecule has 1 aliphatic rings. The number of nitrogens with one attached hydrogen (secondary N) is 2. The number of anilines is 1. The lowest BCUT2D eigenvalue weighted by Gasteiger charge is -2.22. The Kier molecular flexibility index (Phi) is 7.07. The van der Waals surface area contributed by atoms with Gasteiger partial charge in [0.2, 0.25) is 0 Å². The van der Waals surface area contributed by atoms with Gasteiger partial charge in [-0.05, 0) is 49.7 Å². The molecule has 2 N–H and O–H groups in total. The van der Waals surface area contributed by atoms with Gasteiger partial charge < -0.3 is 10.2 Å². The fraction of sp³-hybridized carbons (Fsp3) is 0.444. The number of benzene rings is 1. The standard InChI is InChI=1S/C18H26N4S/c1-3-12-19-18(23)21-20-15(2)16-8-10-17(11-9-16)22-13-6-4-5-7-14-22/h3,8-11H,1,4-7,12-14H2,2H3,(H2,19,21,23). The molecule has 1 aromatic carbocycles. The number of hydrogen-bond acceptors (Lipinski definition) is 3. The van der Waals surface area contributed by atoms with Crippen LogP contribution in [0.3, 0.4) is 0 Å². The summed E-state index contributed by atoms with van der Waals surface area (Å²) in [5.74, 6) is 0. The molecule has 1 fully saturated rings. The Morgan fingerprint density at radius 2 is 1.87 bits per heavy atom. The normalized spacial score (nSPS) is 15.7. The molecule has 0 aromatic heterocycles. The second-order valence-corrected chi connectivity index (χ2v) is 6.16. The van der Waals surface area contributed by atoms with E-state index in [0.717, 1.165) is 24.4 Å². The zero-order chi connectivity index (χ0) is 16.5. The molecule has 0 aliphatic carbocycles. The lowest BCUT2D eigenvalue weighted by atomic mass is 10.1. The monoisotopic (exact) mass is 330 g/mol. The van der Waals surface area contributed by atoms with E-state index in [0.29, 0.717) is 11.7 Å². The summed E-state index contributed by atoms with van der Waals surface area (Å²) in [5, 5.41) is 7.81. The van der Waals surface area contributed by atoms with Crippen LogP contribution in [-0.4, -0.2) is 30.5 Å². The largest absolute Gasteiger partial charge is 0.372 e. The number of hydrazone groups is 1. The SMILES string of the molecule is C=CCNC(=S)NN=C(C)c1ccc(N2CCCCCC2)cc1. The van der Waals surface area contributed by atoms with Crippen molar-refractivity contribution in [3.05, 3.63) is 42.5 Å². The molecule has 0 unspecified atom stereocenters. The van der Waals surface area contributed by atoms with Gasteiger partial charge in [-0.3, -0.25) is 5.43 Å². The summed E-state index contributed by atoms with van der Waals surface area (Å²) in [4.78, 5) is 2.48. The van der Waals surface area contributed by atoms with Crippen molar-refractivity contribution in [1.29, 1.82) is 0 Å². The lowest BCUT2D eigenvalue weighted by Crippen LogP contribution is -2.32. The molecular weight excluding hydrogens is 304 g/mol. The lowest BCUT2D eigenvalue weighted by molar-refractivity contribution is 0.726. The van der Waals surface area contributed by atoms with Crippen molar-refractivity contribution >= 4 is 28.7 Å². The highest BCUT2D eigenvalue weighted by atomic mass is 32.1. The van der Waals surface area contributed by atoms with Crippen LogP contribution in [0.2, 0.25) is 0 Å². The van der Waals surface area contributed by atoms with Crippen LogP contribution in [0, 0.1) is 0 Å². The van der Waals surface area contributed by atoms with E-state index >= 15 is 0 Å². The Hall–Kier alpha value is -1.88. The van der Waals surface area contributed by atoms with Gasteiger partial charge >= 0.3 is 0 Å². The number of nitrogens with zero attached hydrogens (tertiary/aromatic N) is 2. The molecule has 5 heteroatoms. The van der Waals surface area contributed by atoms with Crippen LogP contribution >= 0.6 is 12.2 Å². The van der Waals surface area contributed by atoms with E-state index in [-0.39, 0.29) is 0 Å². The molecule has 1 aliphatic heterocycles. The van der Waals surface area contributed by atoms with Gasteiger partial charge in [-0.15, -0.1) is 6.58 Å². The Labute approximate surface area is 144 Å². The van der Waals surface area contributed by atoms with Crippen LogP contribution < -0.4 is 15.6 Å². The van der Waals surface area contributed by atoms with Crippen LogP contribution in [0.1, 0.15) is 38.2 Å². The zero-order valence-corrected chi connectivity index (χ0v) is 14.7. The van der Waals surface area contributed by atoms with Gasteiger partial charge in [-0.25, -0.2) is 0 Å². The van der Waals surface area contributed by atoms with Gasteiger partial charge in [-0.1, -0.05) is 31.1 Å². The van der Waals surface area contributed by atoms with Gasteiger partial charge in [0.1, 0.15) is 0 Å². The zero-order valence-electron chi connectivity index (χ0n) is 13.8. The first-order valence-electron chi connectivity index (χ1n) is 8.25. The summed E-state index contributed by atoms with van der Waals surface area (Å²) in [6, 6.07) is 8.63. The molecule has 124 valence electrons. The maximum atomic E-state index is 5.12. The highest BCUT2D eigenvalue weighted by Gasteiger charge is 2.09. The molecule has 0 radical (unpaired) electrons. The summed E-state index contributed by atoms with van der Waals surface area (Å²) in [6.45, 7) is 8.57. The minimum atomic E-state index is 0.505. The molecule has 0 bridgehead atoms. The Balaban J connectivity index is 1.95. The molecule has 0 amide bonds. The van der Waals surface area contributed by atoms with E-state index in [1.165, 1.54) is 31.4 Å². The third-order valence-corrected chi connectivity index (χ3v) is 4.22. The predicted molar refractivity (Wildman–Crippen MR) is 103 cm³/mol. The van der Waals surface area contributed by atoms with E-state index < -0.39 is 0 Å². The topological polar surface area (TPSA) is 39.7 Å². The van der Waals surface area contributed by atoms with E-state index in [1.807, 2.05) is 6.92 Å². The minimum absolute atomic E-state index is 0.505.